The summed E-state index contributed by atoms with van der Waals surface area (Å²) in [5.74, 6) is 0.219. The fourth-order valence-electron chi connectivity index (χ4n) is 2.25. The Morgan fingerprint density at radius 3 is 2.94 bits per heavy atom. The van der Waals surface area contributed by atoms with Gasteiger partial charge in [-0.3, -0.25) is 4.79 Å². The molecule has 2 rings (SSSR count). The van der Waals surface area contributed by atoms with Gasteiger partial charge in [0, 0.05) is 18.3 Å². The van der Waals surface area contributed by atoms with Crippen LogP contribution in [0.1, 0.15) is 25.8 Å². The van der Waals surface area contributed by atoms with E-state index in [1.165, 1.54) is 0 Å². The normalized spacial score (nSPS) is 16.1. The number of nitrogens with one attached hydrogen (secondary N) is 1. The first kappa shape index (κ1) is 12.1. The quantitative estimate of drug-likeness (QED) is 0.841. The van der Waals surface area contributed by atoms with E-state index in [4.69, 9.17) is 0 Å². The van der Waals surface area contributed by atoms with Gasteiger partial charge in [0.25, 0.3) is 0 Å². The Bertz CT molecular complexity index is 403. The summed E-state index contributed by atoms with van der Waals surface area (Å²) in [6.07, 6.45) is 1.67. The molecule has 17 heavy (non-hydrogen) atoms. The highest BCUT2D eigenvalue weighted by molar-refractivity contribution is 6.01. The molecule has 0 aliphatic carbocycles. The van der Waals surface area contributed by atoms with Crippen LogP contribution in [0.25, 0.3) is 0 Å². The van der Waals surface area contributed by atoms with Crippen molar-refractivity contribution in [2.75, 3.05) is 18.0 Å². The van der Waals surface area contributed by atoms with Crippen molar-refractivity contribution in [3.63, 3.8) is 0 Å². The first-order valence-corrected chi connectivity index (χ1v) is 6.34. The number of fused-ring (bicyclic) bond motifs is 1. The van der Waals surface area contributed by atoms with E-state index in [9.17, 15) is 4.79 Å². The van der Waals surface area contributed by atoms with Gasteiger partial charge in [-0.15, -0.1) is 0 Å². The average molecular weight is 232 g/mol. The predicted octanol–water partition coefficient (Wildman–Crippen LogP) is 1.96. The molecule has 1 unspecified atom stereocenters. The monoisotopic (exact) mass is 232 g/mol. The topological polar surface area (TPSA) is 32.3 Å². The minimum absolute atomic E-state index is 0.219. The second-order valence-corrected chi connectivity index (χ2v) is 4.67. The predicted molar refractivity (Wildman–Crippen MR) is 70.3 cm³/mol. The van der Waals surface area contributed by atoms with Crippen molar-refractivity contribution in [1.82, 2.24) is 5.32 Å². The van der Waals surface area contributed by atoms with Crippen molar-refractivity contribution in [3.8, 4) is 0 Å². The molecule has 0 saturated heterocycles. The number of hydrogen-bond acceptors (Lipinski definition) is 2. The van der Waals surface area contributed by atoms with E-state index in [-0.39, 0.29) is 5.91 Å². The second kappa shape index (κ2) is 5.32. The third kappa shape index (κ3) is 2.67. The fourth-order valence-corrected chi connectivity index (χ4v) is 2.25. The van der Waals surface area contributed by atoms with Gasteiger partial charge in [0.15, 0.2) is 0 Å². The first-order valence-electron chi connectivity index (χ1n) is 6.34. The summed E-state index contributed by atoms with van der Waals surface area (Å²) < 4.78 is 0. The standard InChI is InChI=1S/C14H20N2O/c1-3-8-15-11(2)10-16-13-7-5-4-6-12(13)9-14(16)17/h4-7,11,15H,3,8-10H2,1-2H3. The molecule has 1 amide bonds. The number of rotatable bonds is 5. The van der Waals surface area contributed by atoms with Crippen LogP contribution in [0.5, 0.6) is 0 Å². The van der Waals surface area contributed by atoms with E-state index in [0.29, 0.717) is 12.5 Å². The fraction of sp³-hybridized carbons (Fsp3) is 0.500. The van der Waals surface area contributed by atoms with E-state index in [1.54, 1.807) is 0 Å². The van der Waals surface area contributed by atoms with Crippen LogP contribution in [0.2, 0.25) is 0 Å². The van der Waals surface area contributed by atoms with Crippen LogP contribution in [-0.2, 0) is 11.2 Å². The van der Waals surface area contributed by atoms with E-state index < -0.39 is 0 Å². The molecule has 3 heteroatoms. The molecular formula is C14H20N2O. The largest absolute Gasteiger partial charge is 0.312 e. The van der Waals surface area contributed by atoms with Crippen LogP contribution >= 0.6 is 0 Å². The van der Waals surface area contributed by atoms with Gasteiger partial charge in [-0.25, -0.2) is 0 Å². The van der Waals surface area contributed by atoms with Crippen LogP contribution in [0.15, 0.2) is 24.3 Å². The summed E-state index contributed by atoms with van der Waals surface area (Å²) in [5.41, 5.74) is 2.24. The van der Waals surface area contributed by atoms with Crippen LogP contribution in [-0.4, -0.2) is 25.0 Å². The molecule has 0 saturated carbocycles. The van der Waals surface area contributed by atoms with Crippen molar-refractivity contribution in [2.24, 2.45) is 0 Å². The molecule has 0 aromatic heterocycles. The van der Waals surface area contributed by atoms with Crippen LogP contribution in [0.3, 0.4) is 0 Å². The van der Waals surface area contributed by atoms with Gasteiger partial charge < -0.3 is 10.2 Å². The lowest BCUT2D eigenvalue weighted by atomic mass is 10.2. The molecule has 1 aromatic carbocycles. The summed E-state index contributed by atoms with van der Waals surface area (Å²) in [4.78, 5) is 13.8. The maximum absolute atomic E-state index is 11.9. The SMILES string of the molecule is CCCNC(C)CN1C(=O)Cc2ccccc21. The molecule has 0 bridgehead atoms. The lowest BCUT2D eigenvalue weighted by Gasteiger charge is -2.22. The van der Waals surface area contributed by atoms with Crippen LogP contribution < -0.4 is 10.2 Å². The highest BCUT2D eigenvalue weighted by atomic mass is 16.2. The zero-order chi connectivity index (χ0) is 12.3. The van der Waals surface area contributed by atoms with Gasteiger partial charge >= 0.3 is 0 Å². The van der Waals surface area contributed by atoms with Gasteiger partial charge in [-0.05, 0) is 31.5 Å². The van der Waals surface area contributed by atoms with Crippen LogP contribution in [0, 0.1) is 0 Å². The molecule has 0 radical (unpaired) electrons. The van der Waals surface area contributed by atoms with Crippen molar-refractivity contribution >= 4 is 11.6 Å². The lowest BCUT2D eigenvalue weighted by Crippen LogP contribution is -2.41. The molecule has 0 fully saturated rings. The molecular weight excluding hydrogens is 212 g/mol. The van der Waals surface area contributed by atoms with Crippen molar-refractivity contribution in [1.29, 1.82) is 0 Å². The Kier molecular flexibility index (Phi) is 3.79. The Labute approximate surface area is 103 Å². The number of anilines is 1. The third-order valence-corrected chi connectivity index (χ3v) is 3.12. The lowest BCUT2D eigenvalue weighted by molar-refractivity contribution is -0.117. The van der Waals surface area contributed by atoms with E-state index >= 15 is 0 Å². The van der Waals surface area contributed by atoms with Crippen LogP contribution in [0.4, 0.5) is 5.69 Å². The molecule has 1 aliphatic rings. The summed E-state index contributed by atoms with van der Waals surface area (Å²) in [7, 11) is 0. The Hall–Kier alpha value is -1.35. The summed E-state index contributed by atoms with van der Waals surface area (Å²) in [6, 6.07) is 8.40. The van der Waals surface area contributed by atoms with Gasteiger partial charge in [0.1, 0.15) is 0 Å². The smallest absolute Gasteiger partial charge is 0.231 e. The highest BCUT2D eigenvalue weighted by Crippen LogP contribution is 2.28. The first-order chi connectivity index (χ1) is 8.22. The molecule has 92 valence electrons. The van der Waals surface area contributed by atoms with E-state index in [2.05, 4.69) is 19.2 Å². The minimum Gasteiger partial charge on any atom is -0.312 e. The number of carbonyl (C=O) groups excluding carboxylic acids is 1. The maximum Gasteiger partial charge on any atom is 0.231 e. The van der Waals surface area contributed by atoms with Crippen molar-refractivity contribution < 1.29 is 4.79 Å². The Morgan fingerprint density at radius 2 is 2.18 bits per heavy atom. The maximum atomic E-state index is 11.9. The number of hydrogen-bond donors (Lipinski definition) is 1. The van der Waals surface area contributed by atoms with E-state index in [1.807, 2.05) is 29.2 Å². The average Bonchev–Trinajstić information content (AvgIpc) is 2.64. The summed E-state index contributed by atoms with van der Waals surface area (Å²) in [6.45, 7) is 6.04. The second-order valence-electron chi connectivity index (χ2n) is 4.67. The zero-order valence-electron chi connectivity index (χ0n) is 10.6. The third-order valence-electron chi connectivity index (χ3n) is 3.12. The number of benzene rings is 1. The molecule has 1 N–H and O–H groups in total. The molecule has 3 nitrogen and oxygen atoms in total. The number of nitrogens with zero attached hydrogens (tertiary/aromatic N) is 1. The van der Waals surface area contributed by atoms with Gasteiger partial charge in [0.05, 0.1) is 6.42 Å². The summed E-state index contributed by atoms with van der Waals surface area (Å²) >= 11 is 0. The molecule has 1 atom stereocenters. The van der Waals surface area contributed by atoms with Crippen molar-refractivity contribution in [3.05, 3.63) is 29.8 Å². The summed E-state index contributed by atoms with van der Waals surface area (Å²) in [5, 5.41) is 3.42. The Morgan fingerprint density at radius 1 is 1.41 bits per heavy atom. The van der Waals surface area contributed by atoms with Gasteiger partial charge in [-0.1, -0.05) is 25.1 Å². The van der Waals surface area contributed by atoms with Gasteiger partial charge in [0.2, 0.25) is 5.91 Å². The molecule has 1 aromatic rings. The molecule has 1 heterocycles. The highest BCUT2D eigenvalue weighted by Gasteiger charge is 2.27. The number of para-hydroxylation sites is 1. The van der Waals surface area contributed by atoms with Gasteiger partial charge in [-0.2, -0.15) is 0 Å². The Balaban J connectivity index is 2.04. The zero-order valence-corrected chi connectivity index (χ0v) is 10.6. The molecule has 0 spiro atoms. The van der Waals surface area contributed by atoms with Crippen molar-refractivity contribution in [2.45, 2.75) is 32.7 Å². The molecule has 1 aliphatic heterocycles. The number of carbonyl (C=O) groups is 1. The minimum atomic E-state index is 0.219. The number of amides is 1. The van der Waals surface area contributed by atoms with E-state index in [0.717, 1.165) is 30.8 Å².